The van der Waals surface area contributed by atoms with Crippen molar-refractivity contribution in [1.29, 1.82) is 0 Å². The third-order valence-corrected chi connectivity index (χ3v) is 7.55. The van der Waals surface area contributed by atoms with Crippen molar-refractivity contribution in [2.24, 2.45) is 29.1 Å². The molecule has 0 bridgehead atoms. The van der Waals surface area contributed by atoms with Crippen LogP contribution in [0.3, 0.4) is 0 Å². The van der Waals surface area contributed by atoms with Gasteiger partial charge < -0.3 is 9.64 Å². The fourth-order valence-corrected chi connectivity index (χ4v) is 4.43. The van der Waals surface area contributed by atoms with Crippen LogP contribution in [0.5, 0.6) is 0 Å². The van der Waals surface area contributed by atoms with Crippen LogP contribution < -0.4 is 0 Å². The quantitative estimate of drug-likeness (QED) is 0.531. The first-order chi connectivity index (χ1) is 11.8. The molecule has 2 heteroatoms. The third-order valence-electron chi connectivity index (χ3n) is 7.55. The molecule has 1 saturated heterocycles. The summed E-state index contributed by atoms with van der Waals surface area (Å²) in [6.07, 6.45) is 9.89. The summed E-state index contributed by atoms with van der Waals surface area (Å²) in [5.74, 6) is 3.49. The van der Waals surface area contributed by atoms with Gasteiger partial charge in [-0.2, -0.15) is 0 Å². The zero-order valence-corrected chi connectivity index (χ0v) is 18.0. The number of rotatable bonds is 8. The van der Waals surface area contributed by atoms with E-state index in [2.05, 4.69) is 46.4 Å². The van der Waals surface area contributed by atoms with E-state index < -0.39 is 0 Å². The summed E-state index contributed by atoms with van der Waals surface area (Å²) in [7, 11) is 0. The van der Waals surface area contributed by atoms with E-state index in [-0.39, 0.29) is 0 Å². The van der Waals surface area contributed by atoms with E-state index in [1.54, 1.807) is 0 Å². The Kier molecular flexibility index (Phi) is 8.27. The number of nitrogens with zero attached hydrogens (tertiary/aromatic N) is 1. The second-order valence-electron chi connectivity index (χ2n) is 10.3. The topological polar surface area (TPSA) is 12.5 Å². The molecule has 0 aromatic carbocycles. The molecule has 2 fully saturated rings. The molecule has 1 aliphatic heterocycles. The molecule has 1 heterocycles. The average Bonchev–Trinajstić information content (AvgIpc) is 2.56. The van der Waals surface area contributed by atoms with Gasteiger partial charge in [-0.1, -0.05) is 41.5 Å². The molecule has 0 amide bonds. The lowest BCUT2D eigenvalue weighted by Gasteiger charge is -2.37. The Balaban J connectivity index is 1.59. The third kappa shape index (κ3) is 6.86. The number of piperidine rings is 1. The number of ether oxygens (including phenoxy) is 1. The molecular weight excluding hydrogens is 306 g/mol. The molecule has 0 spiro atoms. The van der Waals surface area contributed by atoms with Gasteiger partial charge in [0.25, 0.3) is 0 Å². The van der Waals surface area contributed by atoms with Crippen LogP contribution in [0.1, 0.15) is 86.5 Å². The first kappa shape index (κ1) is 21.2. The van der Waals surface area contributed by atoms with Gasteiger partial charge in [0.2, 0.25) is 0 Å². The predicted octanol–water partition coefficient (Wildman–Crippen LogP) is 6.00. The molecule has 0 radical (unpaired) electrons. The Hall–Kier alpha value is -0.0800. The van der Waals surface area contributed by atoms with Crippen molar-refractivity contribution in [1.82, 2.24) is 4.90 Å². The van der Waals surface area contributed by atoms with Crippen LogP contribution in [-0.2, 0) is 4.74 Å². The molecule has 1 aliphatic carbocycles. The van der Waals surface area contributed by atoms with Crippen LogP contribution in [-0.4, -0.2) is 37.2 Å². The second kappa shape index (κ2) is 9.74. The summed E-state index contributed by atoms with van der Waals surface area (Å²) >= 11 is 0. The van der Waals surface area contributed by atoms with Gasteiger partial charge in [-0.15, -0.1) is 0 Å². The minimum Gasteiger partial charge on any atom is -0.378 e. The molecule has 148 valence electrons. The normalized spacial score (nSPS) is 27.4. The van der Waals surface area contributed by atoms with E-state index in [1.807, 2.05) is 0 Å². The molecule has 0 N–H and O–H groups in total. The highest BCUT2D eigenvalue weighted by molar-refractivity contribution is 4.80. The van der Waals surface area contributed by atoms with Crippen molar-refractivity contribution < 1.29 is 4.74 Å². The highest BCUT2D eigenvalue weighted by Gasteiger charge is 2.27. The number of hydrogen-bond donors (Lipinski definition) is 0. The summed E-state index contributed by atoms with van der Waals surface area (Å²) in [6, 6.07) is 0. The maximum atomic E-state index is 6.23. The zero-order chi connectivity index (χ0) is 18.4. The minimum atomic E-state index is 0.402. The summed E-state index contributed by atoms with van der Waals surface area (Å²) in [4.78, 5) is 2.75. The molecule has 25 heavy (non-hydrogen) atoms. The smallest absolute Gasteiger partial charge is 0.0575 e. The molecule has 0 unspecified atom stereocenters. The van der Waals surface area contributed by atoms with Crippen molar-refractivity contribution in [2.75, 3.05) is 26.2 Å². The van der Waals surface area contributed by atoms with E-state index >= 15 is 0 Å². The van der Waals surface area contributed by atoms with E-state index in [0.717, 1.165) is 30.3 Å². The van der Waals surface area contributed by atoms with Gasteiger partial charge in [0, 0.05) is 13.2 Å². The van der Waals surface area contributed by atoms with Gasteiger partial charge in [0.1, 0.15) is 0 Å². The lowest BCUT2D eigenvalue weighted by Crippen LogP contribution is -2.39. The molecule has 2 nitrogen and oxygen atoms in total. The van der Waals surface area contributed by atoms with E-state index in [1.165, 1.54) is 64.6 Å². The molecule has 0 atom stereocenters. The van der Waals surface area contributed by atoms with Crippen molar-refractivity contribution >= 4 is 0 Å². The number of likely N-dealkylation sites (tertiary alicyclic amines) is 1. The maximum absolute atomic E-state index is 6.23. The van der Waals surface area contributed by atoms with E-state index in [0.29, 0.717) is 11.5 Å². The van der Waals surface area contributed by atoms with Gasteiger partial charge in [0.05, 0.1) is 6.10 Å². The van der Waals surface area contributed by atoms with Crippen LogP contribution in [0.4, 0.5) is 0 Å². The summed E-state index contributed by atoms with van der Waals surface area (Å²) < 4.78 is 6.23. The van der Waals surface area contributed by atoms with Crippen LogP contribution in [0.25, 0.3) is 0 Å². The Morgan fingerprint density at radius 3 is 2.04 bits per heavy atom. The molecule has 2 rings (SSSR count). The van der Waals surface area contributed by atoms with Gasteiger partial charge in [-0.25, -0.2) is 0 Å². The van der Waals surface area contributed by atoms with Gasteiger partial charge >= 0.3 is 0 Å². The largest absolute Gasteiger partial charge is 0.378 e. The van der Waals surface area contributed by atoms with Crippen molar-refractivity contribution in [2.45, 2.75) is 92.6 Å². The van der Waals surface area contributed by atoms with Crippen molar-refractivity contribution in [3.63, 3.8) is 0 Å². The van der Waals surface area contributed by atoms with E-state index in [9.17, 15) is 0 Å². The lowest BCUT2D eigenvalue weighted by atomic mass is 9.78. The van der Waals surface area contributed by atoms with Crippen molar-refractivity contribution in [3.8, 4) is 0 Å². The Bertz CT molecular complexity index is 360. The highest BCUT2D eigenvalue weighted by Crippen LogP contribution is 2.32. The maximum Gasteiger partial charge on any atom is 0.0575 e. The van der Waals surface area contributed by atoms with Crippen LogP contribution >= 0.6 is 0 Å². The van der Waals surface area contributed by atoms with Gasteiger partial charge in [0.15, 0.2) is 0 Å². The molecular formula is C23H45NO. The molecule has 2 aliphatic rings. The zero-order valence-electron chi connectivity index (χ0n) is 18.0. The lowest BCUT2D eigenvalue weighted by molar-refractivity contribution is -0.00413. The first-order valence-electron chi connectivity index (χ1n) is 11.1. The Morgan fingerprint density at radius 1 is 0.920 bits per heavy atom. The fourth-order valence-electron chi connectivity index (χ4n) is 4.43. The van der Waals surface area contributed by atoms with Gasteiger partial charge in [-0.05, 0) is 87.1 Å². The molecule has 0 aromatic heterocycles. The highest BCUT2D eigenvalue weighted by atomic mass is 16.5. The second-order valence-corrected chi connectivity index (χ2v) is 10.3. The standard InChI is InChI=1S/C23H45NO/c1-18(2)21-11-14-24(15-12-21)17-20-7-9-22(10-8-20)25-16-13-23(5,6)19(3)4/h18-22H,7-17H2,1-6H3. The predicted molar refractivity (Wildman–Crippen MR) is 109 cm³/mol. The summed E-state index contributed by atoms with van der Waals surface area (Å²) in [5, 5.41) is 0. The minimum absolute atomic E-state index is 0.402. The van der Waals surface area contributed by atoms with E-state index in [4.69, 9.17) is 4.74 Å². The molecule has 1 saturated carbocycles. The van der Waals surface area contributed by atoms with Crippen LogP contribution in [0.15, 0.2) is 0 Å². The van der Waals surface area contributed by atoms with Crippen LogP contribution in [0.2, 0.25) is 0 Å². The van der Waals surface area contributed by atoms with Crippen molar-refractivity contribution in [3.05, 3.63) is 0 Å². The average molecular weight is 352 g/mol. The summed E-state index contributed by atoms with van der Waals surface area (Å²) in [6.45, 7) is 19.2. The van der Waals surface area contributed by atoms with Gasteiger partial charge in [-0.3, -0.25) is 0 Å². The summed E-state index contributed by atoms with van der Waals surface area (Å²) in [5.41, 5.74) is 0.402. The number of hydrogen-bond acceptors (Lipinski definition) is 2. The molecule has 0 aromatic rings. The Morgan fingerprint density at radius 2 is 1.52 bits per heavy atom. The monoisotopic (exact) mass is 351 g/mol. The Labute approximate surface area is 158 Å². The van der Waals surface area contributed by atoms with Crippen LogP contribution in [0, 0.1) is 29.1 Å². The fraction of sp³-hybridized carbons (Fsp3) is 1.00. The SMILES string of the molecule is CC(C)C1CCN(CC2CCC(OCCC(C)(C)C(C)C)CC2)CC1. The first-order valence-corrected chi connectivity index (χ1v) is 11.1.